The Morgan fingerprint density at radius 1 is 1.20 bits per heavy atom. The van der Waals surface area contributed by atoms with Crippen LogP contribution in [-0.4, -0.2) is 44.7 Å². The minimum Gasteiger partial charge on any atom is -0.309 e. The highest BCUT2D eigenvalue weighted by Gasteiger charge is 2.29. The lowest BCUT2D eigenvalue weighted by Gasteiger charge is -2.28. The Bertz CT molecular complexity index is 583. The Kier molecular flexibility index (Phi) is 3.92. The summed E-state index contributed by atoms with van der Waals surface area (Å²) >= 11 is 0. The molecule has 108 valence electrons. The van der Waals surface area contributed by atoms with Crippen LogP contribution in [-0.2, 0) is 9.84 Å². The van der Waals surface area contributed by atoms with Gasteiger partial charge in [-0.3, -0.25) is 4.90 Å². The second-order valence-electron chi connectivity index (χ2n) is 5.49. The SMILES string of the molecule is O=S1(=O)C=CC(N2CCCNC(c3ccccc3)C2)C1. The standard InChI is InChI=1S/C15H20N2O2S/c18-20(19)10-7-14(12-20)17-9-4-8-16-15(11-17)13-5-2-1-3-6-13/h1-3,5-7,10,14-16H,4,8-9,11-12H2. The summed E-state index contributed by atoms with van der Waals surface area (Å²) in [4.78, 5) is 2.29. The van der Waals surface area contributed by atoms with E-state index in [1.807, 2.05) is 24.3 Å². The van der Waals surface area contributed by atoms with Crippen LogP contribution in [0, 0.1) is 0 Å². The number of hydrogen-bond donors (Lipinski definition) is 1. The zero-order valence-corrected chi connectivity index (χ0v) is 12.2. The smallest absolute Gasteiger partial charge is 0.173 e. The molecule has 0 aliphatic carbocycles. The molecule has 2 aliphatic heterocycles. The molecule has 1 fully saturated rings. The Balaban J connectivity index is 1.75. The molecule has 2 heterocycles. The minimum atomic E-state index is -2.98. The van der Waals surface area contributed by atoms with Crippen LogP contribution in [0.1, 0.15) is 18.0 Å². The van der Waals surface area contributed by atoms with E-state index in [9.17, 15) is 8.42 Å². The molecule has 4 nitrogen and oxygen atoms in total. The van der Waals surface area contributed by atoms with E-state index in [1.165, 1.54) is 11.0 Å². The number of rotatable bonds is 2. The van der Waals surface area contributed by atoms with E-state index < -0.39 is 9.84 Å². The summed E-state index contributed by atoms with van der Waals surface area (Å²) in [6.45, 7) is 2.77. The first-order valence-electron chi connectivity index (χ1n) is 7.07. The molecule has 0 aromatic heterocycles. The first-order valence-corrected chi connectivity index (χ1v) is 8.79. The Hall–Kier alpha value is -1.17. The second kappa shape index (κ2) is 5.68. The highest BCUT2D eigenvalue weighted by molar-refractivity contribution is 7.94. The van der Waals surface area contributed by atoms with E-state index in [1.54, 1.807) is 0 Å². The summed E-state index contributed by atoms with van der Waals surface area (Å²) in [5.41, 5.74) is 1.27. The monoisotopic (exact) mass is 292 g/mol. The van der Waals surface area contributed by atoms with Gasteiger partial charge in [0.15, 0.2) is 9.84 Å². The van der Waals surface area contributed by atoms with E-state index in [0.29, 0.717) is 0 Å². The highest BCUT2D eigenvalue weighted by Crippen LogP contribution is 2.22. The van der Waals surface area contributed by atoms with E-state index >= 15 is 0 Å². The maximum atomic E-state index is 11.6. The normalized spacial score (nSPS) is 30.2. The van der Waals surface area contributed by atoms with Crippen molar-refractivity contribution in [2.45, 2.75) is 18.5 Å². The fraction of sp³-hybridized carbons (Fsp3) is 0.467. The third-order valence-corrected chi connectivity index (χ3v) is 5.39. The summed E-state index contributed by atoms with van der Waals surface area (Å²) in [6, 6.07) is 10.7. The van der Waals surface area contributed by atoms with Crippen molar-refractivity contribution in [2.75, 3.05) is 25.4 Å². The number of sulfone groups is 1. The molecule has 0 saturated carbocycles. The molecule has 1 aromatic carbocycles. The van der Waals surface area contributed by atoms with Gasteiger partial charge in [0.1, 0.15) is 0 Å². The maximum absolute atomic E-state index is 11.6. The lowest BCUT2D eigenvalue weighted by molar-refractivity contribution is 0.240. The molecular weight excluding hydrogens is 272 g/mol. The van der Waals surface area contributed by atoms with Crippen LogP contribution in [0.4, 0.5) is 0 Å². The summed E-state index contributed by atoms with van der Waals surface area (Å²) in [7, 11) is -2.98. The molecule has 2 unspecified atom stereocenters. The summed E-state index contributed by atoms with van der Waals surface area (Å²) in [5, 5.41) is 4.93. The molecule has 1 aromatic rings. The van der Waals surface area contributed by atoms with Crippen LogP contribution in [0.5, 0.6) is 0 Å². The van der Waals surface area contributed by atoms with Crippen LogP contribution in [0.25, 0.3) is 0 Å². The topological polar surface area (TPSA) is 49.4 Å². The van der Waals surface area contributed by atoms with E-state index in [4.69, 9.17) is 0 Å². The predicted molar refractivity (Wildman–Crippen MR) is 80.1 cm³/mol. The van der Waals surface area contributed by atoms with E-state index in [2.05, 4.69) is 22.3 Å². The lowest BCUT2D eigenvalue weighted by Crippen LogP contribution is -2.39. The van der Waals surface area contributed by atoms with Crippen molar-refractivity contribution in [1.82, 2.24) is 10.2 Å². The molecule has 20 heavy (non-hydrogen) atoms. The third-order valence-electron chi connectivity index (χ3n) is 4.01. The Morgan fingerprint density at radius 3 is 2.70 bits per heavy atom. The molecule has 1 saturated heterocycles. The van der Waals surface area contributed by atoms with Crippen molar-refractivity contribution in [3.63, 3.8) is 0 Å². The van der Waals surface area contributed by atoms with Gasteiger partial charge in [0.2, 0.25) is 0 Å². The molecule has 0 bridgehead atoms. The molecular formula is C15H20N2O2S. The van der Waals surface area contributed by atoms with Gasteiger partial charge in [0, 0.05) is 30.6 Å². The van der Waals surface area contributed by atoms with Gasteiger partial charge in [0.05, 0.1) is 5.75 Å². The summed E-state index contributed by atoms with van der Waals surface area (Å²) < 4.78 is 23.2. The molecule has 3 rings (SSSR count). The van der Waals surface area contributed by atoms with Gasteiger partial charge < -0.3 is 5.32 Å². The predicted octanol–water partition coefficient (Wildman–Crippen LogP) is 1.33. The van der Waals surface area contributed by atoms with Crippen molar-refractivity contribution >= 4 is 9.84 Å². The molecule has 0 radical (unpaired) electrons. The quantitative estimate of drug-likeness (QED) is 0.893. The number of nitrogens with one attached hydrogen (secondary N) is 1. The van der Waals surface area contributed by atoms with Crippen LogP contribution in [0.15, 0.2) is 41.8 Å². The van der Waals surface area contributed by atoms with Crippen LogP contribution < -0.4 is 5.32 Å². The van der Waals surface area contributed by atoms with E-state index in [0.717, 1.165) is 26.1 Å². The van der Waals surface area contributed by atoms with Crippen molar-refractivity contribution in [3.05, 3.63) is 47.4 Å². The Morgan fingerprint density at radius 2 is 2.00 bits per heavy atom. The average molecular weight is 292 g/mol. The van der Waals surface area contributed by atoms with Gasteiger partial charge in [-0.15, -0.1) is 0 Å². The zero-order chi connectivity index (χ0) is 14.0. The first kappa shape index (κ1) is 13.8. The van der Waals surface area contributed by atoms with Gasteiger partial charge in [0.25, 0.3) is 0 Å². The fourth-order valence-corrected chi connectivity index (χ4v) is 4.28. The molecule has 1 N–H and O–H groups in total. The van der Waals surface area contributed by atoms with Crippen LogP contribution in [0.2, 0.25) is 0 Å². The minimum absolute atomic E-state index is 0.0334. The Labute approximate surface area is 120 Å². The molecule has 2 atom stereocenters. The van der Waals surface area contributed by atoms with Crippen molar-refractivity contribution < 1.29 is 8.42 Å². The number of benzene rings is 1. The molecule has 2 aliphatic rings. The summed E-state index contributed by atoms with van der Waals surface area (Å²) in [6.07, 6.45) is 2.89. The largest absolute Gasteiger partial charge is 0.309 e. The van der Waals surface area contributed by atoms with Gasteiger partial charge in [-0.2, -0.15) is 0 Å². The molecule has 0 spiro atoms. The van der Waals surface area contributed by atoms with Gasteiger partial charge in [-0.1, -0.05) is 36.4 Å². The maximum Gasteiger partial charge on any atom is 0.173 e. The van der Waals surface area contributed by atoms with Crippen molar-refractivity contribution in [2.24, 2.45) is 0 Å². The first-order chi connectivity index (χ1) is 9.64. The van der Waals surface area contributed by atoms with Gasteiger partial charge >= 0.3 is 0 Å². The highest BCUT2D eigenvalue weighted by atomic mass is 32.2. The third kappa shape index (κ3) is 3.11. The van der Waals surface area contributed by atoms with Gasteiger partial charge in [-0.25, -0.2) is 8.42 Å². The lowest BCUT2D eigenvalue weighted by atomic mass is 10.1. The van der Waals surface area contributed by atoms with Crippen molar-refractivity contribution in [3.8, 4) is 0 Å². The van der Waals surface area contributed by atoms with Gasteiger partial charge in [-0.05, 0) is 18.5 Å². The molecule has 0 amide bonds. The van der Waals surface area contributed by atoms with E-state index in [-0.39, 0.29) is 17.8 Å². The van der Waals surface area contributed by atoms with Crippen molar-refractivity contribution in [1.29, 1.82) is 0 Å². The zero-order valence-electron chi connectivity index (χ0n) is 11.4. The number of hydrogen-bond acceptors (Lipinski definition) is 4. The van der Waals surface area contributed by atoms with Crippen LogP contribution >= 0.6 is 0 Å². The fourth-order valence-electron chi connectivity index (χ4n) is 2.95. The number of nitrogens with zero attached hydrogens (tertiary/aromatic N) is 1. The van der Waals surface area contributed by atoms with Crippen LogP contribution in [0.3, 0.4) is 0 Å². The summed E-state index contributed by atoms with van der Waals surface area (Å²) in [5.74, 6) is 0.231. The second-order valence-corrected chi connectivity index (χ2v) is 7.42. The molecule has 5 heteroatoms. The average Bonchev–Trinajstić information content (AvgIpc) is 2.67.